The van der Waals surface area contributed by atoms with Gasteiger partial charge < -0.3 is 14.8 Å². The lowest BCUT2D eigenvalue weighted by molar-refractivity contribution is 0.0766. The Kier molecular flexibility index (Phi) is 5.94. The minimum Gasteiger partial charge on any atom is -0.338 e. The largest absolute Gasteiger partial charge is 0.338 e. The highest BCUT2D eigenvalue weighted by atomic mass is 16.2. The summed E-state index contributed by atoms with van der Waals surface area (Å²) in [4.78, 5) is 32.1. The number of aryl methyl sites for hydroxylation is 1. The quantitative estimate of drug-likeness (QED) is 0.848. The van der Waals surface area contributed by atoms with Crippen molar-refractivity contribution in [3.05, 3.63) is 47.0 Å². The number of fused-ring (bicyclic) bond motifs is 1. The molecule has 2 amide bonds. The number of imidazole rings is 1. The Bertz CT molecular complexity index is 837. The second kappa shape index (κ2) is 8.37. The van der Waals surface area contributed by atoms with Gasteiger partial charge in [-0.15, -0.1) is 0 Å². The fourth-order valence-corrected chi connectivity index (χ4v) is 3.68. The Morgan fingerprint density at radius 2 is 1.89 bits per heavy atom. The molecule has 1 aromatic heterocycles. The topological polar surface area (TPSA) is 67.2 Å². The predicted molar refractivity (Wildman–Crippen MR) is 106 cm³/mol. The molecule has 0 saturated heterocycles. The first-order valence-electron chi connectivity index (χ1n) is 9.88. The maximum absolute atomic E-state index is 13.0. The van der Waals surface area contributed by atoms with E-state index in [9.17, 15) is 9.59 Å². The van der Waals surface area contributed by atoms with E-state index in [1.807, 2.05) is 42.7 Å². The number of nitrogens with zero attached hydrogens (tertiary/aromatic N) is 3. The highest BCUT2D eigenvalue weighted by Gasteiger charge is 2.29. The molecule has 6 nitrogen and oxygen atoms in total. The van der Waals surface area contributed by atoms with E-state index in [2.05, 4.69) is 17.2 Å². The molecule has 144 valence electrons. The molecule has 0 atom stereocenters. The van der Waals surface area contributed by atoms with Crippen LogP contribution in [0.5, 0.6) is 0 Å². The minimum absolute atomic E-state index is 0.0846. The van der Waals surface area contributed by atoms with E-state index in [-0.39, 0.29) is 11.8 Å². The monoisotopic (exact) mass is 368 g/mol. The van der Waals surface area contributed by atoms with Crippen LogP contribution in [0.4, 0.5) is 5.69 Å². The third-order valence-corrected chi connectivity index (χ3v) is 5.22. The fraction of sp³-hybridized carbons (Fsp3) is 0.476. The molecule has 0 unspecified atom stereocenters. The molecule has 0 spiro atoms. The molecular weight excluding hydrogens is 340 g/mol. The first-order valence-corrected chi connectivity index (χ1v) is 9.88. The van der Waals surface area contributed by atoms with Crippen LogP contribution in [-0.4, -0.2) is 39.4 Å². The molecular formula is C21H28N4O2. The first kappa shape index (κ1) is 19.1. The van der Waals surface area contributed by atoms with E-state index < -0.39 is 0 Å². The van der Waals surface area contributed by atoms with Crippen LogP contribution in [0.3, 0.4) is 0 Å². The summed E-state index contributed by atoms with van der Waals surface area (Å²) in [7, 11) is 0. The zero-order valence-electron chi connectivity index (χ0n) is 16.4. The minimum atomic E-state index is -0.252. The Hall–Kier alpha value is -2.63. The van der Waals surface area contributed by atoms with Gasteiger partial charge in [-0.05, 0) is 51.2 Å². The van der Waals surface area contributed by atoms with Gasteiger partial charge in [0.1, 0.15) is 5.69 Å². The molecule has 6 heteroatoms. The molecule has 0 saturated carbocycles. The van der Waals surface area contributed by atoms with Crippen molar-refractivity contribution >= 4 is 17.5 Å². The number of amides is 2. The highest BCUT2D eigenvalue weighted by Crippen LogP contribution is 2.24. The number of para-hydroxylation sites is 1. The van der Waals surface area contributed by atoms with Crippen molar-refractivity contribution in [3.8, 4) is 0 Å². The number of benzene rings is 1. The summed E-state index contributed by atoms with van der Waals surface area (Å²) in [6.07, 6.45) is 3.63. The smallest absolute Gasteiger partial charge is 0.291 e. The average molecular weight is 368 g/mol. The van der Waals surface area contributed by atoms with Gasteiger partial charge >= 0.3 is 0 Å². The maximum atomic E-state index is 13.0. The van der Waals surface area contributed by atoms with Gasteiger partial charge in [0.15, 0.2) is 5.82 Å². The van der Waals surface area contributed by atoms with Crippen molar-refractivity contribution in [2.75, 3.05) is 18.4 Å². The van der Waals surface area contributed by atoms with Crippen LogP contribution in [-0.2, 0) is 19.4 Å². The Labute approximate surface area is 160 Å². The molecule has 0 bridgehead atoms. The molecule has 27 heavy (non-hydrogen) atoms. The van der Waals surface area contributed by atoms with Crippen LogP contribution in [0, 0.1) is 0 Å². The summed E-state index contributed by atoms with van der Waals surface area (Å²) < 4.78 is 1.93. The Morgan fingerprint density at radius 3 is 2.59 bits per heavy atom. The molecule has 1 N–H and O–H groups in total. The van der Waals surface area contributed by atoms with Crippen LogP contribution in [0.25, 0.3) is 0 Å². The summed E-state index contributed by atoms with van der Waals surface area (Å²) in [5, 5.41) is 2.99. The predicted octanol–water partition coefficient (Wildman–Crippen LogP) is 3.52. The maximum Gasteiger partial charge on any atom is 0.291 e. The average Bonchev–Trinajstić information content (AvgIpc) is 3.09. The van der Waals surface area contributed by atoms with Gasteiger partial charge in [-0.25, -0.2) is 4.98 Å². The van der Waals surface area contributed by atoms with Gasteiger partial charge in [-0.3, -0.25) is 9.59 Å². The van der Waals surface area contributed by atoms with Crippen LogP contribution in [0.1, 0.15) is 66.0 Å². The number of hydrogen-bond acceptors (Lipinski definition) is 3. The van der Waals surface area contributed by atoms with Gasteiger partial charge in [0.05, 0.1) is 5.69 Å². The second-order valence-corrected chi connectivity index (χ2v) is 6.78. The molecule has 2 aromatic rings. The highest BCUT2D eigenvalue weighted by molar-refractivity contribution is 6.04. The van der Waals surface area contributed by atoms with Crippen molar-refractivity contribution in [3.63, 3.8) is 0 Å². The third kappa shape index (κ3) is 3.75. The molecule has 1 aliphatic rings. The second-order valence-electron chi connectivity index (χ2n) is 6.78. The Balaban J connectivity index is 1.96. The molecule has 1 aliphatic heterocycles. The lowest BCUT2D eigenvalue weighted by atomic mass is 10.1. The summed E-state index contributed by atoms with van der Waals surface area (Å²) in [5.41, 5.74) is 3.21. The normalized spacial score (nSPS) is 13.1. The molecule has 2 heterocycles. The summed E-state index contributed by atoms with van der Waals surface area (Å²) in [5.74, 6) is 0.00224. The summed E-state index contributed by atoms with van der Waals surface area (Å²) in [6.45, 7) is 7.97. The third-order valence-electron chi connectivity index (χ3n) is 5.22. The number of carbonyl (C=O) groups is 2. The van der Waals surface area contributed by atoms with Crippen molar-refractivity contribution in [1.82, 2.24) is 14.5 Å². The number of hydrogen-bond donors (Lipinski definition) is 1. The van der Waals surface area contributed by atoms with Crippen LogP contribution < -0.4 is 5.32 Å². The molecule has 3 rings (SSSR count). The van der Waals surface area contributed by atoms with E-state index in [4.69, 9.17) is 0 Å². The van der Waals surface area contributed by atoms with E-state index in [0.717, 1.165) is 49.2 Å². The van der Waals surface area contributed by atoms with Gasteiger partial charge in [-0.2, -0.15) is 0 Å². The summed E-state index contributed by atoms with van der Waals surface area (Å²) in [6, 6.07) is 7.78. The lowest BCUT2D eigenvalue weighted by Gasteiger charge is -2.20. The van der Waals surface area contributed by atoms with Crippen LogP contribution in [0.2, 0.25) is 0 Å². The number of anilines is 1. The SMILES string of the molecule is CCc1ccccc1NC(=O)c1nc(C(=O)N(CC)CC)c2n1CCCC2. The van der Waals surface area contributed by atoms with E-state index >= 15 is 0 Å². The zero-order valence-corrected chi connectivity index (χ0v) is 16.4. The van der Waals surface area contributed by atoms with Crippen molar-refractivity contribution in [1.29, 1.82) is 0 Å². The zero-order chi connectivity index (χ0) is 19.4. The van der Waals surface area contributed by atoms with E-state index in [1.165, 1.54) is 0 Å². The van der Waals surface area contributed by atoms with Crippen molar-refractivity contribution in [2.45, 2.75) is 53.0 Å². The van der Waals surface area contributed by atoms with Crippen LogP contribution >= 0.6 is 0 Å². The van der Waals surface area contributed by atoms with Gasteiger partial charge in [-0.1, -0.05) is 25.1 Å². The van der Waals surface area contributed by atoms with Crippen LogP contribution in [0.15, 0.2) is 24.3 Å². The molecule has 1 aromatic carbocycles. The number of aromatic nitrogens is 2. The Morgan fingerprint density at radius 1 is 1.15 bits per heavy atom. The van der Waals surface area contributed by atoms with Crippen molar-refractivity contribution < 1.29 is 9.59 Å². The first-order chi connectivity index (χ1) is 13.1. The van der Waals surface area contributed by atoms with Gasteiger partial charge in [0.25, 0.3) is 11.8 Å². The van der Waals surface area contributed by atoms with Crippen molar-refractivity contribution in [2.24, 2.45) is 0 Å². The number of rotatable bonds is 6. The molecule has 0 aliphatic carbocycles. The molecule has 0 radical (unpaired) electrons. The fourth-order valence-electron chi connectivity index (χ4n) is 3.68. The number of nitrogens with one attached hydrogen (secondary N) is 1. The summed E-state index contributed by atoms with van der Waals surface area (Å²) >= 11 is 0. The van der Waals surface area contributed by atoms with E-state index in [1.54, 1.807) is 4.90 Å². The van der Waals surface area contributed by atoms with Gasteiger partial charge in [0, 0.05) is 25.3 Å². The lowest BCUT2D eigenvalue weighted by Crippen LogP contribution is -2.31. The standard InChI is InChI=1S/C21H28N4O2/c1-4-15-11-7-8-12-16(15)22-20(26)19-23-18(21(27)24(5-2)6-3)17-13-9-10-14-25(17)19/h7-8,11-12H,4-6,9-10,13-14H2,1-3H3,(H,22,26). The van der Waals surface area contributed by atoms with Gasteiger partial charge in [0.2, 0.25) is 0 Å². The van der Waals surface area contributed by atoms with E-state index in [0.29, 0.717) is 24.6 Å². The number of carbonyl (C=O) groups excluding carboxylic acids is 2. The molecule has 0 fully saturated rings.